The number of hydrogen-bond acceptors (Lipinski definition) is 4. The van der Waals surface area contributed by atoms with Gasteiger partial charge in [0, 0.05) is 12.8 Å². The molecule has 3 rings (SSSR count). The molecule has 1 aliphatic rings. The first-order valence-corrected chi connectivity index (χ1v) is 7.50. The van der Waals surface area contributed by atoms with Crippen LogP contribution >= 0.6 is 0 Å². The highest BCUT2D eigenvalue weighted by Crippen LogP contribution is 2.44. The number of rotatable bonds is 6. The second kappa shape index (κ2) is 7.04. The standard InChI is InChI=1S/C17H18B2N2O2/c1-3-13-16-8-11(18-23-10-20)4-6-14(16)15-7-5-12(9-17(13)15)21-19-22-2/h3-9,21H,10,20H2,1-2H3/b13-3+. The van der Waals surface area contributed by atoms with Crippen molar-refractivity contribution in [3.8, 4) is 11.1 Å². The van der Waals surface area contributed by atoms with E-state index in [1.54, 1.807) is 22.2 Å². The predicted molar refractivity (Wildman–Crippen MR) is 96.5 cm³/mol. The molecule has 3 N–H and O–H groups in total. The Kier molecular flexibility index (Phi) is 4.86. The molecule has 23 heavy (non-hydrogen) atoms. The zero-order valence-electron chi connectivity index (χ0n) is 13.3. The van der Waals surface area contributed by atoms with Gasteiger partial charge >= 0.3 is 15.1 Å². The smallest absolute Gasteiger partial charge is 0.422 e. The third-order valence-corrected chi connectivity index (χ3v) is 3.88. The largest absolute Gasteiger partial charge is 0.435 e. The van der Waals surface area contributed by atoms with E-state index >= 15 is 0 Å². The van der Waals surface area contributed by atoms with E-state index < -0.39 is 0 Å². The van der Waals surface area contributed by atoms with Crippen molar-refractivity contribution in [1.82, 2.24) is 0 Å². The van der Waals surface area contributed by atoms with E-state index in [0.29, 0.717) is 0 Å². The summed E-state index contributed by atoms with van der Waals surface area (Å²) >= 11 is 0. The Labute approximate surface area is 138 Å². The molecule has 2 radical (unpaired) electrons. The molecule has 0 saturated carbocycles. The lowest BCUT2D eigenvalue weighted by Crippen LogP contribution is -2.21. The van der Waals surface area contributed by atoms with Gasteiger partial charge in [-0.2, -0.15) is 0 Å². The maximum Gasteiger partial charge on any atom is 0.435 e. The zero-order valence-corrected chi connectivity index (χ0v) is 13.3. The number of benzene rings is 2. The van der Waals surface area contributed by atoms with Crippen LogP contribution in [0.25, 0.3) is 16.7 Å². The molecule has 0 aliphatic heterocycles. The molecule has 2 aromatic carbocycles. The van der Waals surface area contributed by atoms with Crippen molar-refractivity contribution >= 4 is 31.8 Å². The van der Waals surface area contributed by atoms with Gasteiger partial charge in [-0.05, 0) is 46.9 Å². The molecular formula is C17H18B2N2O2. The third kappa shape index (κ3) is 3.06. The fourth-order valence-corrected chi connectivity index (χ4v) is 2.91. The number of allylic oxidation sites excluding steroid dienone is 1. The summed E-state index contributed by atoms with van der Waals surface area (Å²) in [6, 6.07) is 12.6. The van der Waals surface area contributed by atoms with Gasteiger partial charge in [0.15, 0.2) is 0 Å². The van der Waals surface area contributed by atoms with Crippen LogP contribution in [0.15, 0.2) is 42.5 Å². The number of nitrogens with one attached hydrogen (secondary N) is 1. The van der Waals surface area contributed by atoms with Crippen LogP contribution in [0, 0.1) is 0 Å². The minimum atomic E-state index is 0.179. The van der Waals surface area contributed by atoms with Gasteiger partial charge in [-0.15, -0.1) is 0 Å². The molecular weight excluding hydrogens is 286 g/mol. The van der Waals surface area contributed by atoms with E-state index in [1.807, 2.05) is 12.1 Å². The van der Waals surface area contributed by atoms with Gasteiger partial charge in [0.1, 0.15) is 0 Å². The number of anilines is 1. The first kappa shape index (κ1) is 15.9. The van der Waals surface area contributed by atoms with Crippen LogP contribution in [0.1, 0.15) is 18.1 Å². The molecule has 0 atom stereocenters. The van der Waals surface area contributed by atoms with E-state index in [4.69, 9.17) is 15.0 Å². The second-order valence-corrected chi connectivity index (χ2v) is 5.22. The summed E-state index contributed by atoms with van der Waals surface area (Å²) < 4.78 is 10.1. The van der Waals surface area contributed by atoms with E-state index in [1.165, 1.54) is 27.8 Å². The monoisotopic (exact) mass is 304 g/mol. The van der Waals surface area contributed by atoms with Crippen LogP contribution in [0.5, 0.6) is 0 Å². The Morgan fingerprint density at radius 3 is 2.52 bits per heavy atom. The highest BCUT2D eigenvalue weighted by molar-refractivity contribution is 6.47. The molecule has 0 fully saturated rings. The SMILES string of the molecule is C/C=C1\c2cc([B]OCN)ccc2-c2ccc(N[B]OC)cc21. The second-order valence-electron chi connectivity index (χ2n) is 5.22. The fourth-order valence-electron chi connectivity index (χ4n) is 2.91. The summed E-state index contributed by atoms with van der Waals surface area (Å²) in [5.41, 5.74) is 13.5. The molecule has 2 aromatic rings. The number of nitrogens with two attached hydrogens (primary N) is 1. The Morgan fingerprint density at radius 1 is 1.09 bits per heavy atom. The topological polar surface area (TPSA) is 56.5 Å². The fraction of sp³-hybridized carbons (Fsp3) is 0.176. The van der Waals surface area contributed by atoms with Crippen LogP contribution in [-0.4, -0.2) is 28.9 Å². The van der Waals surface area contributed by atoms with Gasteiger partial charge in [-0.25, -0.2) is 0 Å². The van der Waals surface area contributed by atoms with Crippen LogP contribution in [0.4, 0.5) is 5.69 Å². The molecule has 4 nitrogen and oxygen atoms in total. The van der Waals surface area contributed by atoms with Gasteiger partial charge < -0.3 is 20.3 Å². The van der Waals surface area contributed by atoms with Crippen molar-refractivity contribution in [2.45, 2.75) is 6.92 Å². The molecule has 0 unspecified atom stereocenters. The minimum Gasteiger partial charge on any atom is -0.422 e. The van der Waals surface area contributed by atoms with Crippen molar-refractivity contribution in [1.29, 1.82) is 0 Å². The lowest BCUT2D eigenvalue weighted by atomic mass is 9.85. The van der Waals surface area contributed by atoms with Crippen molar-refractivity contribution in [3.05, 3.63) is 53.6 Å². The average molecular weight is 304 g/mol. The van der Waals surface area contributed by atoms with E-state index in [2.05, 4.69) is 42.5 Å². The highest BCUT2D eigenvalue weighted by Gasteiger charge is 2.23. The lowest BCUT2D eigenvalue weighted by molar-refractivity contribution is 0.355. The molecule has 0 heterocycles. The molecule has 0 saturated heterocycles. The van der Waals surface area contributed by atoms with Crippen molar-refractivity contribution in [2.75, 3.05) is 19.1 Å². The van der Waals surface area contributed by atoms with Crippen molar-refractivity contribution in [3.63, 3.8) is 0 Å². The molecule has 0 aromatic heterocycles. The summed E-state index contributed by atoms with van der Waals surface area (Å²) in [5.74, 6) is 0. The van der Waals surface area contributed by atoms with Gasteiger partial charge in [0.05, 0.1) is 6.73 Å². The molecule has 0 amide bonds. The van der Waals surface area contributed by atoms with E-state index in [-0.39, 0.29) is 6.73 Å². The van der Waals surface area contributed by atoms with Gasteiger partial charge in [-0.3, -0.25) is 0 Å². The summed E-state index contributed by atoms with van der Waals surface area (Å²) in [4.78, 5) is 0. The summed E-state index contributed by atoms with van der Waals surface area (Å²) in [6.07, 6.45) is 2.14. The van der Waals surface area contributed by atoms with Crippen LogP contribution in [0.3, 0.4) is 0 Å². The summed E-state index contributed by atoms with van der Waals surface area (Å²) in [7, 11) is 4.88. The van der Waals surface area contributed by atoms with Crippen LogP contribution < -0.4 is 16.4 Å². The molecule has 0 spiro atoms. The van der Waals surface area contributed by atoms with Crippen molar-refractivity contribution < 1.29 is 9.31 Å². The molecule has 6 heteroatoms. The van der Waals surface area contributed by atoms with Crippen molar-refractivity contribution in [2.24, 2.45) is 5.73 Å². The molecule has 114 valence electrons. The van der Waals surface area contributed by atoms with Gasteiger partial charge in [0.2, 0.25) is 0 Å². The molecule has 0 bridgehead atoms. The Balaban J connectivity index is 1.99. The zero-order chi connectivity index (χ0) is 16.2. The van der Waals surface area contributed by atoms with E-state index in [0.717, 1.165) is 11.2 Å². The minimum absolute atomic E-state index is 0.179. The summed E-state index contributed by atoms with van der Waals surface area (Å²) in [5, 5.41) is 3.12. The first-order valence-electron chi connectivity index (χ1n) is 7.50. The van der Waals surface area contributed by atoms with Crippen LogP contribution in [0.2, 0.25) is 0 Å². The first-order chi connectivity index (χ1) is 11.3. The van der Waals surface area contributed by atoms with Gasteiger partial charge in [-0.1, -0.05) is 35.8 Å². The normalized spacial score (nSPS) is 13.6. The lowest BCUT2D eigenvalue weighted by Gasteiger charge is -2.07. The number of hydrogen-bond donors (Lipinski definition) is 2. The average Bonchev–Trinajstić information content (AvgIpc) is 2.90. The van der Waals surface area contributed by atoms with Crippen LogP contribution in [-0.2, 0) is 9.31 Å². The number of fused-ring (bicyclic) bond motifs is 3. The maximum atomic E-state index is 5.38. The highest BCUT2D eigenvalue weighted by atomic mass is 16.4. The Morgan fingerprint density at radius 2 is 1.83 bits per heavy atom. The molecule has 1 aliphatic carbocycles. The predicted octanol–water partition coefficient (Wildman–Crippen LogP) is 1.89. The quantitative estimate of drug-likeness (QED) is 0.539. The summed E-state index contributed by atoms with van der Waals surface area (Å²) in [6.45, 7) is 2.24. The Hall–Kier alpha value is -2.01. The maximum absolute atomic E-state index is 5.38. The van der Waals surface area contributed by atoms with E-state index in [9.17, 15) is 0 Å². The Bertz CT molecular complexity index is 688. The third-order valence-electron chi connectivity index (χ3n) is 3.88. The van der Waals surface area contributed by atoms with Gasteiger partial charge in [0.25, 0.3) is 0 Å².